The van der Waals surface area contributed by atoms with Crippen LogP contribution in [0.25, 0.3) is 0 Å². The van der Waals surface area contributed by atoms with Crippen LogP contribution in [0.3, 0.4) is 0 Å². The molecule has 5 atom stereocenters. The maximum absolute atomic E-state index is 10.1. The van der Waals surface area contributed by atoms with Gasteiger partial charge in [-0.25, -0.2) is 0 Å². The van der Waals surface area contributed by atoms with Gasteiger partial charge in [-0.05, 0) is 19.4 Å². The second-order valence-electron chi connectivity index (χ2n) is 6.57. The van der Waals surface area contributed by atoms with Gasteiger partial charge in [0.25, 0.3) is 0 Å². The van der Waals surface area contributed by atoms with E-state index in [-0.39, 0.29) is 12.5 Å². The highest BCUT2D eigenvalue weighted by molar-refractivity contribution is 5.13. The van der Waals surface area contributed by atoms with Crippen LogP contribution in [-0.4, -0.2) is 54.3 Å². The summed E-state index contributed by atoms with van der Waals surface area (Å²) in [7, 11) is 1.55. The van der Waals surface area contributed by atoms with Crippen LogP contribution in [0.5, 0.6) is 0 Å². The molecule has 0 saturated carbocycles. The van der Waals surface area contributed by atoms with E-state index < -0.39 is 30.4 Å². The molecule has 0 spiro atoms. The summed E-state index contributed by atoms with van der Waals surface area (Å²) < 4.78 is 23.1. The van der Waals surface area contributed by atoms with Crippen LogP contribution in [0.15, 0.2) is 30.3 Å². The van der Waals surface area contributed by atoms with Gasteiger partial charge < -0.3 is 29.2 Å². The summed E-state index contributed by atoms with van der Waals surface area (Å²) in [6, 6.07) is 9.75. The number of ether oxygens (including phenoxy) is 4. The first-order valence-electron chi connectivity index (χ1n) is 8.21. The van der Waals surface area contributed by atoms with Crippen LogP contribution >= 0.6 is 0 Å². The zero-order valence-electron chi connectivity index (χ0n) is 14.7. The molecular weight excluding hydrogens is 312 g/mol. The Hall–Kier alpha value is -1.02. The molecule has 1 heterocycles. The monoisotopic (exact) mass is 340 g/mol. The molecule has 1 aliphatic rings. The third-order valence-corrected chi connectivity index (χ3v) is 4.24. The minimum Gasteiger partial charge on any atom is -0.394 e. The number of methoxy groups -OCH3 is 1. The van der Waals surface area contributed by atoms with E-state index in [0.29, 0.717) is 6.61 Å². The Bertz CT molecular complexity index is 492. The Balaban J connectivity index is 2.16. The average Bonchev–Trinajstić information content (AvgIpc) is 2.89. The van der Waals surface area contributed by atoms with Crippen LogP contribution in [0.2, 0.25) is 0 Å². The lowest BCUT2D eigenvalue weighted by Crippen LogP contribution is -2.46. The average molecular weight is 340 g/mol. The van der Waals surface area contributed by atoms with Crippen LogP contribution in [-0.2, 0) is 25.6 Å². The Morgan fingerprint density at radius 1 is 1.21 bits per heavy atom. The van der Waals surface area contributed by atoms with Gasteiger partial charge in [0, 0.05) is 13.0 Å². The fraction of sp³-hybridized carbons (Fsp3) is 0.667. The molecule has 5 unspecified atom stereocenters. The standard InChI is InChI=1S/C18H28O6/c1-12(14(20)10-19)15(22-11-13-8-6-5-7-9-13)16-17(21-4)24-18(2,3)23-16/h5-9,12,14-17,19-20H,10-11H2,1-4H3. The lowest BCUT2D eigenvalue weighted by Gasteiger charge is -2.32. The number of benzene rings is 1. The summed E-state index contributed by atoms with van der Waals surface area (Å²) >= 11 is 0. The molecule has 0 amide bonds. The van der Waals surface area contributed by atoms with Crippen molar-refractivity contribution < 1.29 is 29.2 Å². The van der Waals surface area contributed by atoms with Crippen molar-refractivity contribution in [1.29, 1.82) is 0 Å². The third kappa shape index (κ3) is 4.75. The maximum atomic E-state index is 10.1. The zero-order chi connectivity index (χ0) is 17.7. The molecule has 1 aromatic carbocycles. The van der Waals surface area contributed by atoms with Crippen LogP contribution in [0, 0.1) is 5.92 Å². The fourth-order valence-electron chi connectivity index (χ4n) is 2.86. The molecule has 0 aliphatic carbocycles. The first-order valence-corrected chi connectivity index (χ1v) is 8.21. The molecule has 0 bridgehead atoms. The predicted molar refractivity (Wildman–Crippen MR) is 88.1 cm³/mol. The summed E-state index contributed by atoms with van der Waals surface area (Å²) in [5.41, 5.74) is 1.01. The van der Waals surface area contributed by atoms with Crippen molar-refractivity contribution in [3.63, 3.8) is 0 Å². The second kappa shape index (κ2) is 8.38. The number of aliphatic hydroxyl groups is 2. The van der Waals surface area contributed by atoms with E-state index in [0.717, 1.165) is 5.56 Å². The maximum Gasteiger partial charge on any atom is 0.189 e. The molecule has 24 heavy (non-hydrogen) atoms. The lowest BCUT2D eigenvalue weighted by atomic mass is 9.93. The van der Waals surface area contributed by atoms with Crippen LogP contribution in [0.1, 0.15) is 26.3 Å². The Kier molecular flexibility index (Phi) is 6.74. The summed E-state index contributed by atoms with van der Waals surface area (Å²) in [6.45, 7) is 5.45. The molecule has 2 N–H and O–H groups in total. The van der Waals surface area contributed by atoms with Crippen molar-refractivity contribution in [2.24, 2.45) is 5.92 Å². The Labute approximate surface area is 143 Å². The molecule has 6 heteroatoms. The van der Waals surface area contributed by atoms with E-state index in [2.05, 4.69) is 0 Å². The Morgan fingerprint density at radius 3 is 2.46 bits per heavy atom. The van der Waals surface area contributed by atoms with Crippen molar-refractivity contribution in [3.8, 4) is 0 Å². The summed E-state index contributed by atoms with van der Waals surface area (Å²) in [6.07, 6.45) is -2.53. The van der Waals surface area contributed by atoms with Gasteiger partial charge in [0.2, 0.25) is 0 Å². The van der Waals surface area contributed by atoms with E-state index in [1.54, 1.807) is 21.0 Å². The molecular formula is C18H28O6. The van der Waals surface area contributed by atoms with Crippen LogP contribution in [0.4, 0.5) is 0 Å². The van der Waals surface area contributed by atoms with Crippen molar-refractivity contribution >= 4 is 0 Å². The highest BCUT2D eigenvalue weighted by Gasteiger charge is 2.48. The van der Waals surface area contributed by atoms with Crippen LogP contribution < -0.4 is 0 Å². The van der Waals surface area contributed by atoms with Crippen molar-refractivity contribution in [2.45, 2.75) is 57.8 Å². The molecule has 2 rings (SSSR count). The second-order valence-corrected chi connectivity index (χ2v) is 6.57. The van der Waals surface area contributed by atoms with Gasteiger partial charge in [-0.3, -0.25) is 0 Å². The van der Waals surface area contributed by atoms with Gasteiger partial charge in [-0.2, -0.15) is 0 Å². The largest absolute Gasteiger partial charge is 0.394 e. The molecule has 6 nitrogen and oxygen atoms in total. The number of hydrogen-bond acceptors (Lipinski definition) is 6. The molecule has 0 radical (unpaired) electrons. The minimum absolute atomic E-state index is 0.346. The molecule has 1 aromatic rings. The van der Waals surface area contributed by atoms with E-state index in [1.807, 2.05) is 37.3 Å². The Morgan fingerprint density at radius 2 is 1.88 bits per heavy atom. The van der Waals surface area contributed by atoms with Gasteiger partial charge in [-0.1, -0.05) is 37.3 Å². The van der Waals surface area contributed by atoms with Gasteiger partial charge in [0.05, 0.1) is 25.4 Å². The smallest absolute Gasteiger partial charge is 0.189 e. The topological polar surface area (TPSA) is 77.4 Å². The first-order chi connectivity index (χ1) is 11.4. The van der Waals surface area contributed by atoms with E-state index in [1.165, 1.54) is 0 Å². The van der Waals surface area contributed by atoms with Gasteiger partial charge in [0.15, 0.2) is 12.1 Å². The predicted octanol–water partition coefficient (Wildman–Crippen LogP) is 1.69. The van der Waals surface area contributed by atoms with E-state index >= 15 is 0 Å². The van der Waals surface area contributed by atoms with E-state index in [4.69, 9.17) is 18.9 Å². The van der Waals surface area contributed by atoms with Gasteiger partial charge in [0.1, 0.15) is 6.10 Å². The van der Waals surface area contributed by atoms with Gasteiger partial charge >= 0.3 is 0 Å². The lowest BCUT2D eigenvalue weighted by molar-refractivity contribution is -0.183. The molecule has 1 aliphatic heterocycles. The summed E-state index contributed by atoms with van der Waals surface area (Å²) in [5.74, 6) is -1.16. The van der Waals surface area contributed by atoms with Crippen molar-refractivity contribution in [3.05, 3.63) is 35.9 Å². The number of aliphatic hydroxyl groups excluding tert-OH is 2. The SMILES string of the molecule is COC1OC(C)(C)OC1C(OCc1ccccc1)C(C)C(O)CO. The summed E-state index contributed by atoms with van der Waals surface area (Å²) in [4.78, 5) is 0. The zero-order valence-corrected chi connectivity index (χ0v) is 14.7. The fourth-order valence-corrected chi connectivity index (χ4v) is 2.86. The van der Waals surface area contributed by atoms with Crippen molar-refractivity contribution in [1.82, 2.24) is 0 Å². The minimum atomic E-state index is -0.921. The molecule has 136 valence electrons. The number of hydrogen-bond donors (Lipinski definition) is 2. The molecule has 1 fully saturated rings. The molecule has 1 saturated heterocycles. The quantitative estimate of drug-likeness (QED) is 0.750. The normalized spacial score (nSPS) is 26.9. The van der Waals surface area contributed by atoms with Gasteiger partial charge in [-0.15, -0.1) is 0 Å². The number of rotatable bonds is 8. The summed E-state index contributed by atoms with van der Waals surface area (Å²) in [5, 5.41) is 19.4. The first kappa shape index (κ1) is 19.3. The van der Waals surface area contributed by atoms with Crippen molar-refractivity contribution in [2.75, 3.05) is 13.7 Å². The van der Waals surface area contributed by atoms with E-state index in [9.17, 15) is 10.2 Å². The highest BCUT2D eigenvalue weighted by atomic mass is 16.8. The third-order valence-electron chi connectivity index (χ3n) is 4.24. The highest BCUT2D eigenvalue weighted by Crippen LogP contribution is 2.34. The molecule has 0 aromatic heterocycles.